The number of hydrogen-bond acceptors (Lipinski definition) is 3. The molecule has 0 fully saturated rings. The van der Waals surface area contributed by atoms with Crippen molar-refractivity contribution in [3.63, 3.8) is 0 Å². The van der Waals surface area contributed by atoms with Crippen LogP contribution in [0.1, 0.15) is 35.1 Å². The second-order valence-corrected chi connectivity index (χ2v) is 13.0. The molecule has 2 aliphatic carbocycles. The first-order valence-electron chi connectivity index (χ1n) is 17.2. The molecule has 4 nitrogen and oxygen atoms in total. The van der Waals surface area contributed by atoms with Crippen LogP contribution in [0.5, 0.6) is 0 Å². The van der Waals surface area contributed by atoms with E-state index < -0.39 is 0 Å². The van der Waals surface area contributed by atoms with Gasteiger partial charge in [-0.3, -0.25) is 0 Å². The van der Waals surface area contributed by atoms with Crippen LogP contribution < -0.4 is 0 Å². The topological polar surface area (TPSA) is 43.6 Å². The highest BCUT2D eigenvalue weighted by Crippen LogP contribution is 2.43. The molecule has 0 atom stereocenters. The second kappa shape index (κ2) is 11.2. The number of fused-ring (bicyclic) bond motifs is 8. The van der Waals surface area contributed by atoms with Crippen LogP contribution in [0.3, 0.4) is 0 Å². The van der Waals surface area contributed by atoms with Gasteiger partial charge in [-0.2, -0.15) is 0 Å². The smallest absolute Gasteiger partial charge is 0.164 e. The Hall–Kier alpha value is -6.13. The summed E-state index contributed by atoms with van der Waals surface area (Å²) in [6, 6.07) is 42.9. The van der Waals surface area contributed by atoms with E-state index in [1.165, 1.54) is 44.1 Å². The van der Waals surface area contributed by atoms with E-state index in [0.29, 0.717) is 17.5 Å². The van der Waals surface area contributed by atoms with Crippen molar-refractivity contribution in [1.29, 1.82) is 0 Å². The highest BCUT2D eigenvalue weighted by Gasteiger charge is 2.23. The molecular weight excluding hydrogens is 597 g/mol. The zero-order chi connectivity index (χ0) is 32.3. The summed E-state index contributed by atoms with van der Waals surface area (Å²) in [6.45, 7) is 0. The molecule has 0 N–H and O–H groups in total. The zero-order valence-corrected chi connectivity index (χ0v) is 27.0. The van der Waals surface area contributed by atoms with E-state index in [1.54, 1.807) is 0 Å². The summed E-state index contributed by atoms with van der Waals surface area (Å²) in [5.74, 6) is 1.99. The molecule has 0 saturated carbocycles. The number of allylic oxidation sites excluding steroid dienone is 2. The summed E-state index contributed by atoms with van der Waals surface area (Å²) >= 11 is 0. The lowest BCUT2D eigenvalue weighted by Crippen LogP contribution is -2.01. The van der Waals surface area contributed by atoms with Gasteiger partial charge in [0.15, 0.2) is 17.5 Å². The Labute approximate surface area is 284 Å². The summed E-state index contributed by atoms with van der Waals surface area (Å²) < 4.78 is 2.50. The van der Waals surface area contributed by atoms with Crippen molar-refractivity contribution in [2.75, 3.05) is 0 Å². The maximum Gasteiger partial charge on any atom is 0.164 e. The number of benzene rings is 6. The van der Waals surface area contributed by atoms with Crippen LogP contribution in [-0.2, 0) is 12.8 Å². The van der Waals surface area contributed by atoms with Crippen LogP contribution in [0, 0.1) is 0 Å². The maximum atomic E-state index is 5.10. The summed E-state index contributed by atoms with van der Waals surface area (Å²) in [6.07, 6.45) is 13.6. The van der Waals surface area contributed by atoms with Crippen LogP contribution in [0.25, 0.3) is 84.6 Å². The predicted octanol–water partition coefficient (Wildman–Crippen LogP) is 11.0. The first kappa shape index (κ1) is 27.9. The Bertz CT molecular complexity index is 2590. The Morgan fingerprint density at radius 1 is 0.490 bits per heavy atom. The van der Waals surface area contributed by atoms with Gasteiger partial charge in [-0.05, 0) is 71.5 Å². The lowest BCUT2D eigenvalue weighted by Gasteiger charge is -2.15. The first-order valence-corrected chi connectivity index (χ1v) is 17.2. The second-order valence-electron chi connectivity index (χ2n) is 13.0. The number of rotatable bonds is 4. The third-order valence-electron chi connectivity index (χ3n) is 10.2. The fraction of sp³-hybridized carbons (Fsp3) is 0.0889. The molecule has 0 amide bonds. The Kier molecular flexibility index (Phi) is 6.41. The molecule has 10 rings (SSSR count). The van der Waals surface area contributed by atoms with Crippen molar-refractivity contribution in [3.8, 4) is 39.9 Å². The van der Waals surface area contributed by atoms with E-state index in [0.717, 1.165) is 58.8 Å². The van der Waals surface area contributed by atoms with E-state index in [1.807, 2.05) is 36.4 Å². The summed E-state index contributed by atoms with van der Waals surface area (Å²) in [5.41, 5.74) is 12.2. The lowest BCUT2D eigenvalue weighted by molar-refractivity contribution is 0.988. The van der Waals surface area contributed by atoms with Crippen molar-refractivity contribution >= 4 is 44.7 Å². The molecule has 4 heteroatoms. The minimum absolute atomic E-state index is 0.664. The number of nitrogens with zero attached hydrogens (tertiary/aromatic N) is 4. The zero-order valence-electron chi connectivity index (χ0n) is 27.0. The van der Waals surface area contributed by atoms with Gasteiger partial charge in [-0.15, -0.1) is 0 Å². The first-order chi connectivity index (χ1) is 24.3. The van der Waals surface area contributed by atoms with Crippen molar-refractivity contribution < 1.29 is 0 Å². The number of aryl methyl sites for hydroxylation is 2. The largest absolute Gasteiger partial charge is 0.309 e. The number of hydrogen-bond donors (Lipinski definition) is 0. The standard InChI is InChI=1S/C45H32N4/c1-3-15-31(16-4-1)43-46-44(32-17-5-2-6-18-32)48-45(47-43)37-23-11-22-36-35(37)21-12-24-38(36)49-39-27-25-29-13-7-9-19-33(29)41(39)42-34-20-10-8-14-30(34)26-28-40(42)49/h1-7,10-13,15-18,20-28H,8-9,14,19H2. The van der Waals surface area contributed by atoms with E-state index in [2.05, 4.69) is 114 Å². The molecule has 232 valence electrons. The average molecular weight is 629 g/mol. The molecule has 6 aromatic carbocycles. The maximum absolute atomic E-state index is 5.10. The van der Waals surface area contributed by atoms with Crippen molar-refractivity contribution in [2.45, 2.75) is 25.7 Å². The SMILES string of the molecule is C1=Cc2c(ccc3c2c2c4c(ccc2n3-c2cccc3c(-c5nc(-c6ccccc6)nc(-c6ccccc6)n5)cccc23)C=CCC4)CC1. The van der Waals surface area contributed by atoms with Gasteiger partial charge in [-0.1, -0.05) is 127 Å². The predicted molar refractivity (Wildman–Crippen MR) is 203 cm³/mol. The molecule has 8 aromatic rings. The van der Waals surface area contributed by atoms with Crippen LogP contribution in [-0.4, -0.2) is 19.5 Å². The van der Waals surface area contributed by atoms with Gasteiger partial charge in [0.05, 0.1) is 16.7 Å². The molecule has 0 aliphatic heterocycles. The van der Waals surface area contributed by atoms with Crippen molar-refractivity contribution in [1.82, 2.24) is 19.5 Å². The van der Waals surface area contributed by atoms with Gasteiger partial charge >= 0.3 is 0 Å². The Morgan fingerprint density at radius 3 is 1.94 bits per heavy atom. The fourth-order valence-corrected chi connectivity index (χ4v) is 7.93. The van der Waals surface area contributed by atoms with Gasteiger partial charge in [-0.25, -0.2) is 15.0 Å². The van der Waals surface area contributed by atoms with Gasteiger partial charge in [0, 0.05) is 32.8 Å². The van der Waals surface area contributed by atoms with Gasteiger partial charge < -0.3 is 4.57 Å². The minimum atomic E-state index is 0.664. The third kappa shape index (κ3) is 4.48. The van der Waals surface area contributed by atoms with Gasteiger partial charge in [0.1, 0.15) is 0 Å². The van der Waals surface area contributed by atoms with E-state index in [-0.39, 0.29) is 0 Å². The molecule has 2 heterocycles. The molecular formula is C45H32N4. The van der Waals surface area contributed by atoms with Crippen molar-refractivity contribution in [3.05, 3.63) is 156 Å². The van der Waals surface area contributed by atoms with Gasteiger partial charge in [0.2, 0.25) is 0 Å². The molecule has 2 aromatic heterocycles. The Morgan fingerprint density at radius 2 is 1.14 bits per heavy atom. The minimum Gasteiger partial charge on any atom is -0.309 e. The third-order valence-corrected chi connectivity index (χ3v) is 10.2. The summed E-state index contributed by atoms with van der Waals surface area (Å²) in [5, 5.41) is 5.04. The molecule has 49 heavy (non-hydrogen) atoms. The lowest BCUT2D eigenvalue weighted by atomic mass is 9.89. The normalized spacial score (nSPS) is 13.6. The van der Waals surface area contributed by atoms with Gasteiger partial charge in [0.25, 0.3) is 0 Å². The Balaban J connectivity index is 1.25. The van der Waals surface area contributed by atoms with Crippen LogP contribution in [0.2, 0.25) is 0 Å². The van der Waals surface area contributed by atoms with E-state index in [9.17, 15) is 0 Å². The monoisotopic (exact) mass is 628 g/mol. The van der Waals surface area contributed by atoms with Crippen LogP contribution in [0.4, 0.5) is 0 Å². The molecule has 0 spiro atoms. The molecule has 2 aliphatic rings. The molecule has 0 bridgehead atoms. The van der Waals surface area contributed by atoms with E-state index >= 15 is 0 Å². The van der Waals surface area contributed by atoms with E-state index in [4.69, 9.17) is 15.0 Å². The van der Waals surface area contributed by atoms with Crippen LogP contribution >= 0.6 is 0 Å². The molecule has 0 unspecified atom stereocenters. The highest BCUT2D eigenvalue weighted by molar-refractivity contribution is 6.16. The molecule has 0 radical (unpaired) electrons. The van der Waals surface area contributed by atoms with Crippen molar-refractivity contribution in [2.24, 2.45) is 0 Å². The molecule has 0 saturated heterocycles. The highest BCUT2D eigenvalue weighted by atomic mass is 15.0. The summed E-state index contributed by atoms with van der Waals surface area (Å²) in [7, 11) is 0. The fourth-order valence-electron chi connectivity index (χ4n) is 7.93. The quantitative estimate of drug-likeness (QED) is 0.195. The van der Waals surface area contributed by atoms with Crippen LogP contribution in [0.15, 0.2) is 133 Å². The number of aromatic nitrogens is 4. The average Bonchev–Trinajstić information content (AvgIpc) is 3.53. The summed E-state index contributed by atoms with van der Waals surface area (Å²) in [4.78, 5) is 15.1.